The summed E-state index contributed by atoms with van der Waals surface area (Å²) < 4.78 is 6.40. The number of benzene rings is 1. The average molecular weight is 341 g/mol. The lowest BCUT2D eigenvalue weighted by Crippen LogP contribution is -2.45. The van der Waals surface area contributed by atoms with Gasteiger partial charge in [-0.05, 0) is 39.0 Å². The summed E-state index contributed by atoms with van der Waals surface area (Å²) in [5, 5.41) is 0. The van der Waals surface area contributed by atoms with Crippen LogP contribution in [0.2, 0.25) is 0 Å². The van der Waals surface area contributed by atoms with Crippen molar-refractivity contribution < 1.29 is 9.53 Å². The first-order valence-corrected chi connectivity index (χ1v) is 7.46. The minimum atomic E-state index is -0.275. The molecule has 2 unspecified atom stereocenters. The van der Waals surface area contributed by atoms with Crippen LogP contribution in [0.15, 0.2) is 22.7 Å². The first-order valence-electron chi connectivity index (χ1n) is 6.67. The third-order valence-corrected chi connectivity index (χ3v) is 4.09. The molecule has 0 spiro atoms. The monoisotopic (exact) mass is 340 g/mol. The van der Waals surface area contributed by atoms with E-state index >= 15 is 0 Å². The number of carbonyl (C=O) groups excluding carboxylic acids is 1. The second-order valence-electron chi connectivity index (χ2n) is 6.13. The van der Waals surface area contributed by atoms with E-state index in [9.17, 15) is 4.79 Å². The van der Waals surface area contributed by atoms with E-state index in [0.717, 1.165) is 15.8 Å². The number of methoxy groups -OCH3 is 1. The van der Waals surface area contributed by atoms with E-state index in [2.05, 4.69) is 15.9 Å². The van der Waals surface area contributed by atoms with E-state index < -0.39 is 0 Å². The summed E-state index contributed by atoms with van der Waals surface area (Å²) in [6.07, 6.45) is 0.373. The highest BCUT2D eigenvalue weighted by Gasteiger charge is 2.44. The Labute approximate surface area is 128 Å². The molecule has 5 heteroatoms. The largest absolute Gasteiger partial charge is 0.496 e. The predicted octanol–water partition coefficient (Wildman–Crippen LogP) is 2.86. The average Bonchev–Trinajstić information content (AvgIpc) is 2.63. The Kier molecular flexibility index (Phi) is 4.12. The van der Waals surface area contributed by atoms with Crippen LogP contribution in [-0.4, -0.2) is 29.5 Å². The van der Waals surface area contributed by atoms with Crippen molar-refractivity contribution in [1.29, 1.82) is 0 Å². The molecule has 1 fully saturated rings. The third kappa shape index (κ3) is 2.69. The van der Waals surface area contributed by atoms with Gasteiger partial charge in [0.15, 0.2) is 0 Å². The van der Waals surface area contributed by atoms with Gasteiger partial charge in [-0.25, -0.2) is 0 Å². The lowest BCUT2D eigenvalue weighted by atomic mass is 9.96. The van der Waals surface area contributed by atoms with Crippen molar-refractivity contribution in [3.8, 4) is 5.75 Å². The Morgan fingerprint density at radius 2 is 2.05 bits per heavy atom. The number of carbonyl (C=O) groups is 1. The fourth-order valence-corrected chi connectivity index (χ4v) is 3.23. The van der Waals surface area contributed by atoms with Crippen LogP contribution in [0.1, 0.15) is 38.8 Å². The van der Waals surface area contributed by atoms with E-state index in [4.69, 9.17) is 10.5 Å². The van der Waals surface area contributed by atoms with Crippen molar-refractivity contribution in [2.75, 3.05) is 7.11 Å². The number of nitrogens with zero attached hydrogens (tertiary/aromatic N) is 1. The number of nitrogens with two attached hydrogens (primary N) is 1. The van der Waals surface area contributed by atoms with Gasteiger partial charge in [0.25, 0.3) is 0 Å². The highest BCUT2D eigenvalue weighted by Crippen LogP contribution is 2.41. The maximum atomic E-state index is 12.3. The molecule has 1 amide bonds. The smallest absolute Gasteiger partial charge is 0.225 e. The first-order chi connectivity index (χ1) is 9.25. The van der Waals surface area contributed by atoms with E-state index in [0.29, 0.717) is 6.42 Å². The zero-order chi connectivity index (χ0) is 15.1. The number of halogens is 1. The van der Waals surface area contributed by atoms with Gasteiger partial charge in [0.1, 0.15) is 5.75 Å². The summed E-state index contributed by atoms with van der Waals surface area (Å²) in [5.74, 6) is 0.856. The molecule has 0 aromatic heterocycles. The summed E-state index contributed by atoms with van der Waals surface area (Å²) in [7, 11) is 1.64. The van der Waals surface area contributed by atoms with Crippen molar-refractivity contribution in [2.24, 2.45) is 5.73 Å². The maximum Gasteiger partial charge on any atom is 0.225 e. The fraction of sp³-hybridized carbons (Fsp3) is 0.533. The van der Waals surface area contributed by atoms with Crippen molar-refractivity contribution in [1.82, 2.24) is 4.90 Å². The minimum Gasteiger partial charge on any atom is -0.496 e. The van der Waals surface area contributed by atoms with E-state index in [1.54, 1.807) is 7.11 Å². The van der Waals surface area contributed by atoms with Crippen molar-refractivity contribution >= 4 is 21.8 Å². The summed E-state index contributed by atoms with van der Waals surface area (Å²) >= 11 is 3.48. The van der Waals surface area contributed by atoms with Gasteiger partial charge in [0.2, 0.25) is 5.91 Å². The summed E-state index contributed by atoms with van der Waals surface area (Å²) in [4.78, 5) is 14.2. The molecule has 2 rings (SSSR count). The van der Waals surface area contributed by atoms with Crippen LogP contribution in [0.3, 0.4) is 0 Å². The quantitative estimate of drug-likeness (QED) is 0.900. The predicted molar refractivity (Wildman–Crippen MR) is 82.6 cm³/mol. The molecule has 0 bridgehead atoms. The van der Waals surface area contributed by atoms with Gasteiger partial charge in [0.05, 0.1) is 13.2 Å². The summed E-state index contributed by atoms with van der Waals surface area (Å²) in [6, 6.07) is 5.43. The third-order valence-electron chi connectivity index (χ3n) is 3.60. The van der Waals surface area contributed by atoms with Gasteiger partial charge in [-0.15, -0.1) is 0 Å². The molecule has 1 saturated heterocycles. The highest BCUT2D eigenvalue weighted by atomic mass is 79.9. The first kappa shape index (κ1) is 15.3. The second kappa shape index (κ2) is 5.37. The van der Waals surface area contributed by atoms with Gasteiger partial charge in [-0.1, -0.05) is 15.9 Å². The van der Waals surface area contributed by atoms with Gasteiger partial charge in [0, 0.05) is 28.0 Å². The topological polar surface area (TPSA) is 55.6 Å². The minimum absolute atomic E-state index is 0.0945. The van der Waals surface area contributed by atoms with E-state index in [1.165, 1.54) is 0 Å². The van der Waals surface area contributed by atoms with Crippen molar-refractivity contribution in [3.63, 3.8) is 0 Å². The Bertz CT molecular complexity index is 525. The molecule has 1 heterocycles. The van der Waals surface area contributed by atoms with E-state index in [-0.39, 0.29) is 23.5 Å². The van der Waals surface area contributed by atoms with E-state index in [1.807, 2.05) is 43.9 Å². The summed E-state index contributed by atoms with van der Waals surface area (Å²) in [6.45, 7) is 6.08. The number of likely N-dealkylation sites (tertiary alicyclic amines) is 1. The number of amides is 1. The molecule has 1 aromatic rings. The zero-order valence-corrected chi connectivity index (χ0v) is 13.9. The van der Waals surface area contributed by atoms with Gasteiger partial charge in [-0.3, -0.25) is 4.79 Å². The molecular formula is C15H21BrN2O2. The lowest BCUT2D eigenvalue weighted by Gasteiger charge is -2.38. The number of ether oxygens (including phenoxy) is 1. The van der Waals surface area contributed by atoms with Crippen LogP contribution in [0.4, 0.5) is 0 Å². The second-order valence-corrected chi connectivity index (χ2v) is 7.05. The number of hydrogen-bond donors (Lipinski definition) is 1. The Balaban J connectivity index is 2.54. The van der Waals surface area contributed by atoms with Gasteiger partial charge >= 0.3 is 0 Å². The standard InChI is InChI=1S/C15H21BrN2O2/c1-15(2,3)18-13(19)8-11(17)14(18)10-7-9(16)5-6-12(10)20-4/h5-7,11,14H,8,17H2,1-4H3. The molecule has 2 atom stereocenters. The Morgan fingerprint density at radius 1 is 1.40 bits per heavy atom. The molecular weight excluding hydrogens is 320 g/mol. The Hall–Kier alpha value is -1.07. The van der Waals surface area contributed by atoms with Gasteiger partial charge < -0.3 is 15.4 Å². The van der Waals surface area contributed by atoms with Crippen LogP contribution >= 0.6 is 15.9 Å². The van der Waals surface area contributed by atoms with Crippen LogP contribution in [0.5, 0.6) is 5.75 Å². The van der Waals surface area contributed by atoms with Crippen LogP contribution < -0.4 is 10.5 Å². The number of rotatable bonds is 2. The molecule has 1 aliphatic rings. The van der Waals surface area contributed by atoms with Crippen molar-refractivity contribution in [2.45, 2.75) is 44.8 Å². The van der Waals surface area contributed by atoms with Crippen LogP contribution in [0.25, 0.3) is 0 Å². The summed E-state index contributed by atoms with van der Waals surface area (Å²) in [5.41, 5.74) is 6.91. The zero-order valence-electron chi connectivity index (χ0n) is 12.3. The molecule has 1 aromatic carbocycles. The fourth-order valence-electron chi connectivity index (χ4n) is 2.86. The Morgan fingerprint density at radius 3 is 2.60 bits per heavy atom. The number of hydrogen-bond acceptors (Lipinski definition) is 3. The normalized spacial score (nSPS) is 23.3. The molecule has 0 aliphatic carbocycles. The lowest BCUT2D eigenvalue weighted by molar-refractivity contribution is -0.133. The molecule has 2 N–H and O–H groups in total. The molecule has 0 saturated carbocycles. The molecule has 0 radical (unpaired) electrons. The van der Waals surface area contributed by atoms with Crippen LogP contribution in [-0.2, 0) is 4.79 Å². The van der Waals surface area contributed by atoms with Crippen molar-refractivity contribution in [3.05, 3.63) is 28.2 Å². The molecule has 1 aliphatic heterocycles. The molecule has 4 nitrogen and oxygen atoms in total. The SMILES string of the molecule is COc1ccc(Br)cc1C1C(N)CC(=O)N1C(C)(C)C. The molecule has 20 heavy (non-hydrogen) atoms. The maximum absolute atomic E-state index is 12.3. The molecule has 110 valence electrons. The highest BCUT2D eigenvalue weighted by molar-refractivity contribution is 9.10. The van der Waals surface area contributed by atoms with Gasteiger partial charge in [-0.2, -0.15) is 0 Å². The van der Waals surface area contributed by atoms with Crippen LogP contribution in [0, 0.1) is 0 Å².